The number of nitrogens with one attached hydrogen (secondary N) is 8. The summed E-state index contributed by atoms with van der Waals surface area (Å²) in [6.07, 6.45) is -9.18. The molecule has 10 unspecified atom stereocenters. The molecule has 0 aromatic heterocycles. The number of amides is 9. The van der Waals surface area contributed by atoms with Gasteiger partial charge in [-0.25, -0.2) is 4.79 Å². The van der Waals surface area contributed by atoms with E-state index < -0.39 is 145 Å². The fourth-order valence-corrected chi connectivity index (χ4v) is 4.80. The molecule has 1 fully saturated rings. The third kappa shape index (κ3) is 14.6. The Labute approximate surface area is 319 Å². The number of nitrogens with two attached hydrogens (primary N) is 1. The van der Waals surface area contributed by atoms with Crippen molar-refractivity contribution in [1.82, 2.24) is 42.5 Å². The molecule has 0 saturated carbocycles. The van der Waals surface area contributed by atoms with Gasteiger partial charge in [0.1, 0.15) is 42.4 Å². The van der Waals surface area contributed by atoms with Crippen LogP contribution in [0.4, 0.5) is 0 Å². The van der Waals surface area contributed by atoms with E-state index in [1.807, 2.05) is 21.3 Å². The molecule has 25 nitrogen and oxygen atoms in total. The topological polar surface area (TPSA) is 414 Å². The molecule has 0 aliphatic carbocycles. The maximum absolute atomic E-state index is 13.5. The summed E-state index contributed by atoms with van der Waals surface area (Å²) in [6.45, 7) is 4.23. The highest BCUT2D eigenvalue weighted by Crippen LogP contribution is 2.09. The molecule has 0 aromatic rings. The van der Waals surface area contributed by atoms with Crippen LogP contribution < -0.4 is 48.3 Å². The van der Waals surface area contributed by atoms with Crippen LogP contribution in [0, 0.1) is 11.8 Å². The molecule has 0 spiro atoms. The molecule has 1 aliphatic heterocycles. The zero-order chi connectivity index (χ0) is 43.2. The fraction of sp³-hybridized carbons (Fsp3) is 0.677. The first kappa shape index (κ1) is 48.5. The van der Waals surface area contributed by atoms with Gasteiger partial charge < -0.3 is 78.9 Å². The van der Waals surface area contributed by atoms with Crippen molar-refractivity contribution in [2.24, 2.45) is 17.6 Å². The van der Waals surface area contributed by atoms with Crippen molar-refractivity contribution in [3.05, 3.63) is 0 Å². The molecule has 0 aromatic carbocycles. The highest BCUT2D eigenvalue weighted by atomic mass is 16.4. The predicted molar refractivity (Wildman–Crippen MR) is 186 cm³/mol. The molecule has 1 heterocycles. The fourth-order valence-electron chi connectivity index (χ4n) is 4.80. The Morgan fingerprint density at radius 3 is 1.73 bits per heavy atom. The monoisotopic (exact) mass is 805 g/mol. The number of carbonyl (C=O) groups excluding carboxylic acids is 9. The van der Waals surface area contributed by atoms with Gasteiger partial charge in [-0.1, -0.05) is 27.7 Å². The Morgan fingerprint density at radius 1 is 0.714 bits per heavy atom. The minimum Gasteiger partial charge on any atom is -0.479 e. The van der Waals surface area contributed by atoms with E-state index in [0.717, 1.165) is 6.92 Å². The lowest BCUT2D eigenvalue weighted by Crippen LogP contribution is -2.66. The maximum Gasteiger partial charge on any atom is 0.336 e. The summed E-state index contributed by atoms with van der Waals surface area (Å²) in [5.74, 6) is -15.1. The first-order chi connectivity index (χ1) is 25.9. The van der Waals surface area contributed by atoms with E-state index in [1.54, 1.807) is 19.2 Å². The zero-order valence-corrected chi connectivity index (χ0v) is 31.1. The second kappa shape index (κ2) is 22.2. The number of hydrogen-bond donors (Lipinski definition) is 15. The minimum absolute atomic E-state index is 0.0517. The molecular weight excluding hydrogens is 754 g/mol. The van der Waals surface area contributed by atoms with Crippen LogP contribution in [0.2, 0.25) is 0 Å². The molecule has 316 valence electrons. The van der Waals surface area contributed by atoms with Crippen LogP contribution in [-0.2, 0) is 47.9 Å². The summed E-state index contributed by atoms with van der Waals surface area (Å²) >= 11 is 0. The van der Waals surface area contributed by atoms with Gasteiger partial charge in [-0.05, 0) is 18.8 Å². The third-order valence-electron chi connectivity index (χ3n) is 7.96. The quantitative estimate of drug-likeness (QED) is 0.0862. The first-order valence-electron chi connectivity index (χ1n) is 17.1. The average molecular weight is 806 g/mol. The van der Waals surface area contributed by atoms with Crippen molar-refractivity contribution in [1.29, 1.82) is 0 Å². The van der Waals surface area contributed by atoms with E-state index in [4.69, 9.17) is 5.73 Å². The van der Waals surface area contributed by atoms with Crippen molar-refractivity contribution < 1.29 is 78.6 Å². The second-order valence-electron chi connectivity index (χ2n) is 13.5. The summed E-state index contributed by atoms with van der Waals surface area (Å²) in [7, 11) is 0. The van der Waals surface area contributed by atoms with Crippen molar-refractivity contribution in [3.8, 4) is 0 Å². The van der Waals surface area contributed by atoms with Crippen molar-refractivity contribution >= 4 is 59.1 Å². The van der Waals surface area contributed by atoms with Gasteiger partial charge >= 0.3 is 5.97 Å². The Kier molecular flexibility index (Phi) is 19.2. The number of β-amino-alcohol motifs (C(OH)–C–C–N with tert-alkyl or cyclic N) is 1. The van der Waals surface area contributed by atoms with Gasteiger partial charge in [-0.2, -0.15) is 0 Å². The standard InChI is InChI=1S/C31H51N9O16/c1-10(2)6-16(44)33-7-13-24(48)36-14(9-41)25(49)37-17(11(3)4)28(52)39-19(21(45)22(46)23(32)47)29(53)38-18(12(5)42)27(51)34-8-15(43)26(50)40-20(31(55)56)30(54)35-13/h10-15,17-22,41-43,45-46H,6-9H2,1-5H3,(H2,32,47)(H,33,44)(H,34,51)(H,35,54)(H,36,48)(H,37,49)(H,38,53)(H,39,52)(H,40,50)(H,55,56). The van der Waals surface area contributed by atoms with E-state index in [2.05, 4.69) is 16.0 Å². The Bertz CT molecular complexity index is 1490. The highest BCUT2D eigenvalue weighted by Gasteiger charge is 2.41. The Hall–Kier alpha value is -5.50. The summed E-state index contributed by atoms with van der Waals surface area (Å²) < 4.78 is 0. The van der Waals surface area contributed by atoms with Gasteiger partial charge in [0.15, 0.2) is 6.10 Å². The number of carbonyl (C=O) groups is 10. The molecule has 10 atom stereocenters. The Balaban J connectivity index is 3.78. The van der Waals surface area contributed by atoms with Gasteiger partial charge in [0, 0.05) is 13.0 Å². The third-order valence-corrected chi connectivity index (χ3v) is 7.96. The van der Waals surface area contributed by atoms with Crippen LogP contribution in [0.3, 0.4) is 0 Å². The number of rotatable bonds is 11. The van der Waals surface area contributed by atoms with Crippen LogP contribution in [-0.4, -0.2) is 170 Å². The molecular formula is C31H51N9O16. The van der Waals surface area contributed by atoms with Crippen LogP contribution in [0.1, 0.15) is 41.0 Å². The largest absolute Gasteiger partial charge is 0.479 e. The van der Waals surface area contributed by atoms with Gasteiger partial charge in [0.05, 0.1) is 19.3 Å². The van der Waals surface area contributed by atoms with E-state index in [-0.39, 0.29) is 12.3 Å². The summed E-state index contributed by atoms with van der Waals surface area (Å²) in [5.41, 5.74) is 5.04. The second-order valence-corrected chi connectivity index (χ2v) is 13.5. The lowest BCUT2D eigenvalue weighted by atomic mass is 9.99. The normalized spacial score (nSPS) is 27.0. The molecule has 0 bridgehead atoms. The average Bonchev–Trinajstić information content (AvgIpc) is 3.10. The first-order valence-corrected chi connectivity index (χ1v) is 17.1. The van der Waals surface area contributed by atoms with Crippen LogP contribution in [0.25, 0.3) is 0 Å². The van der Waals surface area contributed by atoms with Crippen LogP contribution in [0.5, 0.6) is 0 Å². The summed E-state index contributed by atoms with van der Waals surface area (Å²) in [6, 6.07) is -12.3. The van der Waals surface area contributed by atoms with Gasteiger partial charge in [0.25, 0.3) is 11.8 Å². The summed E-state index contributed by atoms with van der Waals surface area (Å²) in [4.78, 5) is 128. The number of aliphatic carboxylic acids is 1. The molecule has 9 amide bonds. The molecule has 0 radical (unpaired) electrons. The number of carboxylic acids is 1. The summed E-state index contributed by atoms with van der Waals surface area (Å²) in [5, 5.41) is 77.5. The van der Waals surface area contributed by atoms with Gasteiger partial charge in [0.2, 0.25) is 47.4 Å². The van der Waals surface area contributed by atoms with Crippen molar-refractivity contribution in [3.63, 3.8) is 0 Å². The number of hydrogen-bond acceptors (Lipinski definition) is 15. The van der Waals surface area contributed by atoms with E-state index >= 15 is 0 Å². The smallest absolute Gasteiger partial charge is 0.336 e. The van der Waals surface area contributed by atoms with Gasteiger partial charge in [-0.15, -0.1) is 0 Å². The van der Waals surface area contributed by atoms with E-state index in [0.29, 0.717) is 0 Å². The zero-order valence-electron chi connectivity index (χ0n) is 31.1. The lowest BCUT2D eigenvalue weighted by molar-refractivity contribution is -0.148. The molecule has 56 heavy (non-hydrogen) atoms. The number of aliphatic hydroxyl groups excluding tert-OH is 5. The van der Waals surface area contributed by atoms with E-state index in [1.165, 1.54) is 13.8 Å². The molecule has 1 saturated heterocycles. The highest BCUT2D eigenvalue weighted by molar-refractivity contribution is 6.06. The van der Waals surface area contributed by atoms with Gasteiger partial charge in [-0.3, -0.25) is 43.2 Å². The van der Waals surface area contributed by atoms with Crippen molar-refractivity contribution in [2.45, 2.75) is 102 Å². The predicted octanol–water partition coefficient (Wildman–Crippen LogP) is -9.13. The minimum atomic E-state index is -2.52. The number of aliphatic hydroxyl groups is 5. The molecule has 16 N–H and O–H groups in total. The Morgan fingerprint density at radius 2 is 1.23 bits per heavy atom. The van der Waals surface area contributed by atoms with Crippen LogP contribution in [0.15, 0.2) is 0 Å². The maximum atomic E-state index is 13.5. The molecule has 1 aliphatic rings. The van der Waals surface area contributed by atoms with Crippen LogP contribution >= 0.6 is 0 Å². The molecule has 25 heteroatoms. The molecule has 1 rings (SSSR count). The number of carboxylic acid groups (broad SMARTS) is 1. The van der Waals surface area contributed by atoms with Crippen molar-refractivity contribution in [2.75, 3.05) is 19.7 Å². The van der Waals surface area contributed by atoms with E-state index in [9.17, 15) is 78.6 Å². The lowest BCUT2D eigenvalue weighted by Gasteiger charge is -2.31. The SMILES string of the molecule is CC(C)CC(=O)NCC1NC(=O)C(C(=O)O)NC(=O)C(O)CNC(=O)C(C(C)O)NC(=O)C(C(O)C(O)C(N)=O)NC(=O)C(C(C)C)NC(=O)C(CO)NC1=O. The number of primary amides is 1.